The molecule has 3 amide bonds. The van der Waals surface area contributed by atoms with Crippen LogP contribution in [0.4, 0.5) is 5.69 Å². The van der Waals surface area contributed by atoms with E-state index in [4.69, 9.17) is 0 Å². The summed E-state index contributed by atoms with van der Waals surface area (Å²) >= 11 is 0. The van der Waals surface area contributed by atoms with E-state index in [1.165, 1.54) is 5.56 Å². The van der Waals surface area contributed by atoms with Gasteiger partial charge in [-0.1, -0.05) is 19.1 Å². The molecule has 0 saturated heterocycles. The fraction of sp³-hybridized carbons (Fsp3) is 0.526. The first-order valence-electron chi connectivity index (χ1n) is 8.82. The molecule has 0 unspecified atom stereocenters. The van der Waals surface area contributed by atoms with E-state index < -0.39 is 11.8 Å². The fourth-order valence-corrected chi connectivity index (χ4v) is 3.11. The number of carbonyl (C=O) groups is 3. The van der Waals surface area contributed by atoms with Gasteiger partial charge in [-0.15, -0.1) is 0 Å². The zero-order valence-electron chi connectivity index (χ0n) is 15.2. The SMILES string of the molecule is CCc1ccc(NC(=O)C(=O)NC2CCC(C(=O)N(C)C)CC2)cc1. The Bertz CT molecular complexity index is 617. The molecule has 1 fully saturated rings. The van der Waals surface area contributed by atoms with Gasteiger partial charge in [0.25, 0.3) is 0 Å². The lowest BCUT2D eigenvalue weighted by atomic mass is 9.85. The highest BCUT2D eigenvalue weighted by Crippen LogP contribution is 2.25. The first-order chi connectivity index (χ1) is 11.9. The third-order valence-electron chi connectivity index (χ3n) is 4.68. The van der Waals surface area contributed by atoms with Gasteiger partial charge in [-0.2, -0.15) is 0 Å². The van der Waals surface area contributed by atoms with Crippen LogP contribution in [0.1, 0.15) is 38.2 Å². The van der Waals surface area contributed by atoms with E-state index in [9.17, 15) is 14.4 Å². The summed E-state index contributed by atoms with van der Waals surface area (Å²) < 4.78 is 0. The minimum Gasteiger partial charge on any atom is -0.349 e. The Morgan fingerprint density at radius 2 is 1.60 bits per heavy atom. The average molecular weight is 345 g/mol. The van der Waals surface area contributed by atoms with Crippen molar-refractivity contribution in [2.75, 3.05) is 19.4 Å². The standard InChI is InChI=1S/C19H27N3O3/c1-4-13-5-9-15(10-6-13)20-17(23)18(24)21-16-11-7-14(8-12-16)19(25)22(2)3/h5-6,9-10,14,16H,4,7-8,11-12H2,1-3H3,(H,20,23)(H,21,24). The van der Waals surface area contributed by atoms with Crippen LogP contribution in [-0.4, -0.2) is 42.8 Å². The van der Waals surface area contributed by atoms with Gasteiger partial charge in [-0.25, -0.2) is 0 Å². The van der Waals surface area contributed by atoms with Crippen molar-refractivity contribution in [1.29, 1.82) is 0 Å². The molecule has 136 valence electrons. The van der Waals surface area contributed by atoms with Gasteiger partial charge in [-0.05, 0) is 49.8 Å². The second kappa shape index (κ2) is 8.65. The van der Waals surface area contributed by atoms with Crippen molar-refractivity contribution in [2.24, 2.45) is 5.92 Å². The smallest absolute Gasteiger partial charge is 0.313 e. The number of amides is 3. The highest BCUT2D eigenvalue weighted by atomic mass is 16.2. The fourth-order valence-electron chi connectivity index (χ4n) is 3.11. The number of nitrogens with one attached hydrogen (secondary N) is 2. The van der Waals surface area contributed by atoms with E-state index in [0.717, 1.165) is 19.3 Å². The molecule has 0 radical (unpaired) electrons. The molecule has 6 nitrogen and oxygen atoms in total. The summed E-state index contributed by atoms with van der Waals surface area (Å²) in [6, 6.07) is 7.39. The maximum Gasteiger partial charge on any atom is 0.313 e. The highest BCUT2D eigenvalue weighted by molar-refractivity contribution is 6.39. The molecule has 2 N–H and O–H groups in total. The summed E-state index contributed by atoms with van der Waals surface area (Å²) in [5, 5.41) is 5.39. The van der Waals surface area contributed by atoms with Crippen molar-refractivity contribution >= 4 is 23.4 Å². The molecule has 2 rings (SSSR count). The van der Waals surface area contributed by atoms with Crippen LogP contribution in [0.2, 0.25) is 0 Å². The molecular weight excluding hydrogens is 318 g/mol. The Kier molecular flexibility index (Phi) is 6.56. The third-order valence-corrected chi connectivity index (χ3v) is 4.68. The molecule has 0 aromatic heterocycles. The summed E-state index contributed by atoms with van der Waals surface area (Å²) in [5.41, 5.74) is 1.78. The van der Waals surface area contributed by atoms with Crippen molar-refractivity contribution in [1.82, 2.24) is 10.2 Å². The molecule has 1 aromatic carbocycles. The minimum absolute atomic E-state index is 0.0223. The predicted molar refractivity (Wildman–Crippen MR) is 97.0 cm³/mol. The molecule has 0 heterocycles. The van der Waals surface area contributed by atoms with Crippen molar-refractivity contribution in [2.45, 2.75) is 45.1 Å². The maximum absolute atomic E-state index is 12.1. The number of aryl methyl sites for hydroxylation is 1. The summed E-state index contributed by atoms with van der Waals surface area (Å²) in [7, 11) is 3.52. The lowest BCUT2D eigenvalue weighted by molar-refractivity contribution is -0.137. The summed E-state index contributed by atoms with van der Waals surface area (Å²) in [6.07, 6.45) is 3.83. The second-order valence-corrected chi connectivity index (χ2v) is 6.76. The van der Waals surface area contributed by atoms with Crippen molar-refractivity contribution in [3.63, 3.8) is 0 Å². The lowest BCUT2D eigenvalue weighted by Crippen LogP contribution is -2.44. The molecule has 6 heteroatoms. The zero-order chi connectivity index (χ0) is 18.4. The number of hydrogen-bond donors (Lipinski definition) is 2. The molecule has 0 bridgehead atoms. The second-order valence-electron chi connectivity index (χ2n) is 6.76. The van der Waals surface area contributed by atoms with Gasteiger partial charge >= 0.3 is 11.8 Å². The molecule has 0 aliphatic heterocycles. The Morgan fingerprint density at radius 1 is 1.00 bits per heavy atom. The van der Waals surface area contributed by atoms with Crippen LogP contribution in [0.3, 0.4) is 0 Å². The first kappa shape index (κ1) is 19.0. The van der Waals surface area contributed by atoms with E-state index in [1.807, 2.05) is 12.1 Å². The third kappa shape index (κ3) is 5.31. The molecular formula is C19H27N3O3. The van der Waals surface area contributed by atoms with E-state index in [2.05, 4.69) is 17.6 Å². The Hall–Kier alpha value is -2.37. The lowest BCUT2D eigenvalue weighted by Gasteiger charge is -2.29. The monoisotopic (exact) mass is 345 g/mol. The average Bonchev–Trinajstić information content (AvgIpc) is 2.62. The van der Waals surface area contributed by atoms with Gasteiger partial charge < -0.3 is 15.5 Å². The van der Waals surface area contributed by atoms with Crippen molar-refractivity contribution in [3.8, 4) is 0 Å². The molecule has 1 aliphatic carbocycles. The Morgan fingerprint density at radius 3 is 2.12 bits per heavy atom. The number of carbonyl (C=O) groups excluding carboxylic acids is 3. The van der Waals surface area contributed by atoms with Gasteiger partial charge in [0, 0.05) is 31.7 Å². The Labute approximate surface area is 149 Å². The number of nitrogens with zero attached hydrogens (tertiary/aromatic N) is 1. The Balaban J connectivity index is 1.79. The van der Waals surface area contributed by atoms with E-state index in [0.29, 0.717) is 18.5 Å². The van der Waals surface area contributed by atoms with Crippen LogP contribution in [-0.2, 0) is 20.8 Å². The molecule has 0 atom stereocenters. The largest absolute Gasteiger partial charge is 0.349 e. The summed E-state index contributed by atoms with van der Waals surface area (Å²) in [4.78, 5) is 37.7. The van der Waals surface area contributed by atoms with Gasteiger partial charge in [0.1, 0.15) is 0 Å². The number of hydrogen-bond acceptors (Lipinski definition) is 3. The molecule has 1 aromatic rings. The van der Waals surface area contributed by atoms with Crippen LogP contribution >= 0.6 is 0 Å². The minimum atomic E-state index is -0.657. The maximum atomic E-state index is 12.1. The molecule has 25 heavy (non-hydrogen) atoms. The van der Waals surface area contributed by atoms with Gasteiger partial charge in [0.15, 0.2) is 0 Å². The van der Waals surface area contributed by atoms with Crippen LogP contribution < -0.4 is 10.6 Å². The van der Waals surface area contributed by atoms with Crippen molar-refractivity contribution < 1.29 is 14.4 Å². The zero-order valence-corrected chi connectivity index (χ0v) is 15.2. The number of anilines is 1. The van der Waals surface area contributed by atoms with Crippen LogP contribution in [0, 0.1) is 5.92 Å². The number of benzene rings is 1. The normalized spacial score (nSPS) is 19.8. The van der Waals surface area contributed by atoms with Crippen molar-refractivity contribution in [3.05, 3.63) is 29.8 Å². The van der Waals surface area contributed by atoms with Crippen LogP contribution in [0.5, 0.6) is 0 Å². The van der Waals surface area contributed by atoms with Gasteiger partial charge in [0.2, 0.25) is 5.91 Å². The predicted octanol–water partition coefficient (Wildman–Crippen LogP) is 1.95. The van der Waals surface area contributed by atoms with E-state index >= 15 is 0 Å². The molecule has 0 spiro atoms. The van der Waals surface area contributed by atoms with E-state index in [1.54, 1.807) is 31.1 Å². The van der Waals surface area contributed by atoms with Gasteiger partial charge in [0.05, 0.1) is 0 Å². The molecule has 1 aliphatic rings. The molecule has 1 saturated carbocycles. The van der Waals surface area contributed by atoms with E-state index in [-0.39, 0.29) is 17.9 Å². The number of rotatable bonds is 4. The van der Waals surface area contributed by atoms with Crippen LogP contribution in [0.25, 0.3) is 0 Å². The van der Waals surface area contributed by atoms with Gasteiger partial charge in [-0.3, -0.25) is 14.4 Å². The first-order valence-corrected chi connectivity index (χ1v) is 8.82. The van der Waals surface area contributed by atoms with Crippen LogP contribution in [0.15, 0.2) is 24.3 Å². The summed E-state index contributed by atoms with van der Waals surface area (Å²) in [5.74, 6) is -1.12. The topological polar surface area (TPSA) is 78.5 Å². The quantitative estimate of drug-likeness (QED) is 0.819. The highest BCUT2D eigenvalue weighted by Gasteiger charge is 2.29. The summed E-state index contributed by atoms with van der Waals surface area (Å²) in [6.45, 7) is 2.06.